The molecule has 2 unspecified atom stereocenters. The number of benzene rings is 2. The van der Waals surface area contributed by atoms with E-state index in [1.807, 2.05) is 0 Å². The molecular formula is C22H27F2O3P. The summed E-state index contributed by atoms with van der Waals surface area (Å²) in [6.45, 7) is 3.34. The van der Waals surface area contributed by atoms with E-state index in [0.29, 0.717) is 11.1 Å². The minimum Gasteiger partial charge on any atom is -0.300 e. The average Bonchev–Trinajstić information content (AvgIpc) is 2.69. The highest BCUT2D eigenvalue weighted by Gasteiger charge is 2.40. The van der Waals surface area contributed by atoms with Crippen molar-refractivity contribution in [1.82, 2.24) is 0 Å². The molecule has 3 nitrogen and oxygen atoms in total. The van der Waals surface area contributed by atoms with Crippen LogP contribution in [-0.4, -0.2) is 5.66 Å². The molecule has 0 aliphatic heterocycles. The lowest BCUT2D eigenvalue weighted by molar-refractivity contribution is 0.116. The van der Waals surface area contributed by atoms with Gasteiger partial charge in [0.2, 0.25) is 0 Å². The Morgan fingerprint density at radius 3 is 1.68 bits per heavy atom. The summed E-state index contributed by atoms with van der Waals surface area (Å²) in [4.78, 5) is 0. The van der Waals surface area contributed by atoms with Crippen LogP contribution in [0.3, 0.4) is 0 Å². The van der Waals surface area contributed by atoms with Crippen molar-refractivity contribution >= 4 is 7.60 Å². The van der Waals surface area contributed by atoms with Crippen molar-refractivity contribution in [2.45, 2.75) is 63.8 Å². The first-order chi connectivity index (χ1) is 13.4. The van der Waals surface area contributed by atoms with Gasteiger partial charge in [-0.3, -0.25) is 4.57 Å². The third-order valence-corrected chi connectivity index (χ3v) is 7.95. The van der Waals surface area contributed by atoms with Crippen LogP contribution in [0.4, 0.5) is 8.78 Å². The summed E-state index contributed by atoms with van der Waals surface area (Å²) in [6.07, 6.45) is 2.97. The normalized spacial score (nSPS) is 19.7. The van der Waals surface area contributed by atoms with E-state index in [4.69, 9.17) is 9.05 Å². The molecule has 0 radical (unpaired) electrons. The van der Waals surface area contributed by atoms with Gasteiger partial charge in [0, 0.05) is 11.1 Å². The molecule has 28 heavy (non-hydrogen) atoms. The van der Waals surface area contributed by atoms with Crippen molar-refractivity contribution in [2.75, 3.05) is 0 Å². The molecular weight excluding hydrogens is 381 g/mol. The second-order valence-electron chi connectivity index (χ2n) is 7.37. The number of hydrogen-bond acceptors (Lipinski definition) is 3. The molecule has 0 bridgehead atoms. The smallest absolute Gasteiger partial charge is 0.300 e. The second-order valence-corrected chi connectivity index (χ2v) is 9.60. The van der Waals surface area contributed by atoms with Crippen molar-refractivity contribution in [3.63, 3.8) is 0 Å². The van der Waals surface area contributed by atoms with Gasteiger partial charge < -0.3 is 9.05 Å². The summed E-state index contributed by atoms with van der Waals surface area (Å²) >= 11 is 0. The van der Waals surface area contributed by atoms with Crippen LogP contribution in [-0.2, 0) is 13.6 Å². The maximum absolute atomic E-state index is 14.2. The molecule has 1 aliphatic rings. The van der Waals surface area contributed by atoms with Crippen LogP contribution in [0.25, 0.3) is 0 Å². The highest BCUT2D eigenvalue weighted by Crippen LogP contribution is 2.62. The summed E-state index contributed by atoms with van der Waals surface area (Å²) in [5, 5.41) is 0. The van der Waals surface area contributed by atoms with Crippen LogP contribution in [0.5, 0.6) is 0 Å². The van der Waals surface area contributed by atoms with E-state index in [-0.39, 0.29) is 5.66 Å². The molecule has 0 aromatic heterocycles. The Kier molecular flexibility index (Phi) is 7.03. The van der Waals surface area contributed by atoms with E-state index < -0.39 is 31.4 Å². The Labute approximate surface area is 165 Å². The Bertz CT molecular complexity index is 779. The van der Waals surface area contributed by atoms with Gasteiger partial charge in [0.1, 0.15) is 11.6 Å². The van der Waals surface area contributed by atoms with Crippen molar-refractivity contribution in [3.05, 3.63) is 71.3 Å². The van der Waals surface area contributed by atoms with Gasteiger partial charge in [-0.1, -0.05) is 55.7 Å². The Morgan fingerprint density at radius 1 is 0.821 bits per heavy atom. The van der Waals surface area contributed by atoms with E-state index in [1.54, 1.807) is 50.2 Å². The number of halogens is 2. The van der Waals surface area contributed by atoms with E-state index in [1.165, 1.54) is 12.1 Å². The third kappa shape index (κ3) is 4.89. The summed E-state index contributed by atoms with van der Waals surface area (Å²) in [6, 6.07) is 12.6. The third-order valence-electron chi connectivity index (χ3n) is 5.32. The maximum atomic E-state index is 14.2. The predicted octanol–water partition coefficient (Wildman–Crippen LogP) is 7.35. The fourth-order valence-corrected chi connectivity index (χ4v) is 6.26. The zero-order valence-electron chi connectivity index (χ0n) is 16.3. The molecule has 2 aromatic carbocycles. The van der Waals surface area contributed by atoms with Gasteiger partial charge in [0.15, 0.2) is 0 Å². The van der Waals surface area contributed by atoms with E-state index in [2.05, 4.69) is 0 Å². The van der Waals surface area contributed by atoms with Gasteiger partial charge in [0.05, 0.1) is 17.9 Å². The quantitative estimate of drug-likeness (QED) is 0.450. The van der Waals surface area contributed by atoms with Crippen molar-refractivity contribution in [1.29, 1.82) is 0 Å². The molecule has 0 heterocycles. The Hall–Kier alpha value is -1.55. The molecule has 0 saturated heterocycles. The largest absolute Gasteiger partial charge is 0.334 e. The molecule has 152 valence electrons. The standard InChI is InChI=1S/C22H27F2O3P/c1-16(19-12-6-8-14-21(19)23)26-28(25,18-10-4-3-5-11-18)27-17(2)20-13-7-9-15-22(20)24/h6-9,12-18H,3-5,10-11H2,1-2H3. The van der Waals surface area contributed by atoms with Gasteiger partial charge in [-0.15, -0.1) is 0 Å². The monoisotopic (exact) mass is 408 g/mol. The zero-order valence-corrected chi connectivity index (χ0v) is 17.2. The van der Waals surface area contributed by atoms with Crippen LogP contribution >= 0.6 is 7.60 Å². The molecule has 0 N–H and O–H groups in total. The van der Waals surface area contributed by atoms with Crippen molar-refractivity contribution in [2.24, 2.45) is 0 Å². The summed E-state index contributed by atoms with van der Waals surface area (Å²) in [5.74, 6) is -0.820. The number of hydrogen-bond donors (Lipinski definition) is 0. The molecule has 0 amide bonds. The average molecular weight is 408 g/mol. The van der Waals surface area contributed by atoms with Crippen molar-refractivity contribution in [3.8, 4) is 0 Å². The SMILES string of the molecule is CC(OP(=O)(OC(C)c1ccccc1F)C1CCCCC1)c1ccccc1F. The molecule has 2 atom stereocenters. The van der Waals surface area contributed by atoms with Crippen LogP contribution in [0.15, 0.2) is 48.5 Å². The minimum absolute atomic E-state index is 0.260. The highest BCUT2D eigenvalue weighted by atomic mass is 31.2. The van der Waals surface area contributed by atoms with Crippen LogP contribution in [0.1, 0.15) is 69.3 Å². The topological polar surface area (TPSA) is 35.5 Å². The predicted molar refractivity (Wildman–Crippen MR) is 106 cm³/mol. The summed E-state index contributed by atoms with van der Waals surface area (Å²) < 4.78 is 54.1. The molecule has 1 saturated carbocycles. The van der Waals surface area contributed by atoms with Gasteiger partial charge in [-0.05, 0) is 38.8 Å². The molecule has 2 aromatic rings. The number of rotatable bonds is 7. The van der Waals surface area contributed by atoms with Crippen molar-refractivity contribution < 1.29 is 22.4 Å². The first kappa shape index (κ1) is 21.2. The first-order valence-electron chi connectivity index (χ1n) is 9.86. The molecule has 0 spiro atoms. The van der Waals surface area contributed by atoms with E-state index >= 15 is 0 Å². The van der Waals surface area contributed by atoms with E-state index in [9.17, 15) is 13.3 Å². The lowest BCUT2D eigenvalue weighted by atomic mass is 10.0. The summed E-state index contributed by atoms with van der Waals surface area (Å²) in [7, 11) is -3.61. The Morgan fingerprint density at radius 2 is 1.25 bits per heavy atom. The Balaban J connectivity index is 1.86. The lowest BCUT2D eigenvalue weighted by Crippen LogP contribution is -2.19. The maximum Gasteiger partial charge on any atom is 0.334 e. The van der Waals surface area contributed by atoms with Crippen LogP contribution in [0.2, 0.25) is 0 Å². The molecule has 1 fully saturated rings. The minimum atomic E-state index is -3.61. The van der Waals surface area contributed by atoms with Gasteiger partial charge in [0.25, 0.3) is 0 Å². The fraction of sp³-hybridized carbons (Fsp3) is 0.455. The van der Waals surface area contributed by atoms with Gasteiger partial charge in [-0.2, -0.15) is 0 Å². The fourth-order valence-electron chi connectivity index (χ4n) is 3.76. The zero-order chi connectivity index (χ0) is 20.1. The molecule has 6 heteroatoms. The van der Waals surface area contributed by atoms with Gasteiger partial charge in [-0.25, -0.2) is 8.78 Å². The molecule has 3 rings (SSSR count). The lowest BCUT2D eigenvalue weighted by Gasteiger charge is -2.33. The van der Waals surface area contributed by atoms with E-state index in [0.717, 1.165) is 32.1 Å². The molecule has 1 aliphatic carbocycles. The first-order valence-corrected chi connectivity index (χ1v) is 11.5. The second kappa shape index (κ2) is 9.30. The van der Waals surface area contributed by atoms with Crippen LogP contribution < -0.4 is 0 Å². The van der Waals surface area contributed by atoms with Gasteiger partial charge >= 0.3 is 7.60 Å². The summed E-state index contributed by atoms with van der Waals surface area (Å²) in [5.41, 5.74) is 0.408. The highest BCUT2D eigenvalue weighted by molar-refractivity contribution is 7.54. The van der Waals surface area contributed by atoms with Crippen LogP contribution in [0, 0.1) is 11.6 Å².